The second-order valence-electron chi connectivity index (χ2n) is 4.09. The number of benzene rings is 2. The summed E-state index contributed by atoms with van der Waals surface area (Å²) < 4.78 is 26.8. The van der Waals surface area contributed by atoms with Crippen molar-refractivity contribution in [3.8, 4) is 0 Å². The third-order valence-electron chi connectivity index (χ3n) is 2.75. The quantitative estimate of drug-likeness (QED) is 0.842. The molecule has 2 nitrogen and oxygen atoms in total. The normalized spacial score (nSPS) is 10.3. The van der Waals surface area contributed by atoms with Crippen molar-refractivity contribution in [2.45, 2.75) is 6.92 Å². The van der Waals surface area contributed by atoms with Gasteiger partial charge in [0.25, 0.3) is 0 Å². The molecule has 0 saturated heterocycles. The van der Waals surface area contributed by atoms with Gasteiger partial charge in [0.2, 0.25) is 0 Å². The highest BCUT2D eigenvalue weighted by Gasteiger charge is 2.12. The fraction of sp³-hybridized carbons (Fsp3) is 0.0714. The van der Waals surface area contributed by atoms with Gasteiger partial charge in [-0.05, 0) is 30.7 Å². The van der Waals surface area contributed by atoms with Crippen LogP contribution in [0, 0.1) is 18.6 Å². The summed E-state index contributed by atoms with van der Waals surface area (Å²) in [6.07, 6.45) is 0. The molecular formula is C14H12F2N2S. The molecule has 0 aliphatic rings. The van der Waals surface area contributed by atoms with E-state index in [9.17, 15) is 8.78 Å². The van der Waals surface area contributed by atoms with E-state index >= 15 is 0 Å². The van der Waals surface area contributed by atoms with Crippen molar-refractivity contribution in [3.63, 3.8) is 0 Å². The number of para-hydroxylation sites is 1. The number of thiocarbonyl (C=S) groups is 1. The van der Waals surface area contributed by atoms with Crippen molar-refractivity contribution in [1.29, 1.82) is 0 Å². The van der Waals surface area contributed by atoms with Crippen molar-refractivity contribution in [3.05, 3.63) is 59.2 Å². The maximum Gasteiger partial charge on any atom is 0.182 e. The number of halogens is 2. The average Bonchev–Trinajstić information content (AvgIpc) is 2.36. The summed E-state index contributed by atoms with van der Waals surface area (Å²) in [5.41, 5.74) is 7.70. The maximum absolute atomic E-state index is 13.7. The van der Waals surface area contributed by atoms with Crippen LogP contribution in [0.1, 0.15) is 11.1 Å². The Labute approximate surface area is 115 Å². The highest BCUT2D eigenvalue weighted by atomic mass is 32.1. The average molecular weight is 278 g/mol. The number of anilines is 2. The van der Waals surface area contributed by atoms with Gasteiger partial charge in [0.1, 0.15) is 4.99 Å². The predicted octanol–water partition coefficient (Wildman–Crippen LogP) is 3.65. The molecule has 0 aliphatic heterocycles. The van der Waals surface area contributed by atoms with Gasteiger partial charge in [0, 0.05) is 5.56 Å². The van der Waals surface area contributed by atoms with E-state index < -0.39 is 11.6 Å². The highest BCUT2D eigenvalue weighted by Crippen LogP contribution is 2.27. The lowest BCUT2D eigenvalue weighted by Crippen LogP contribution is -2.13. The van der Waals surface area contributed by atoms with Gasteiger partial charge in [0.15, 0.2) is 11.6 Å². The monoisotopic (exact) mass is 278 g/mol. The minimum atomic E-state index is -0.931. The van der Waals surface area contributed by atoms with Crippen molar-refractivity contribution in [2.75, 3.05) is 5.32 Å². The van der Waals surface area contributed by atoms with Crippen LogP contribution in [0.4, 0.5) is 20.2 Å². The lowest BCUT2D eigenvalue weighted by molar-refractivity contribution is 0.512. The Hall–Kier alpha value is -2.01. The summed E-state index contributed by atoms with van der Waals surface area (Å²) in [6.45, 7) is 1.83. The summed E-state index contributed by atoms with van der Waals surface area (Å²) in [4.78, 5) is 0.197. The molecule has 2 rings (SSSR count). The second kappa shape index (κ2) is 5.32. The van der Waals surface area contributed by atoms with E-state index in [0.717, 1.165) is 11.6 Å². The van der Waals surface area contributed by atoms with E-state index in [-0.39, 0.29) is 10.7 Å². The minimum Gasteiger partial charge on any atom is -0.389 e. The van der Waals surface area contributed by atoms with E-state index in [0.29, 0.717) is 11.3 Å². The molecule has 0 unspecified atom stereocenters. The van der Waals surface area contributed by atoms with Gasteiger partial charge in [0.05, 0.1) is 11.4 Å². The molecule has 0 amide bonds. The van der Waals surface area contributed by atoms with Crippen LogP contribution in [-0.2, 0) is 0 Å². The predicted molar refractivity (Wildman–Crippen MR) is 76.7 cm³/mol. The second-order valence-corrected chi connectivity index (χ2v) is 4.53. The molecule has 2 aromatic carbocycles. The van der Waals surface area contributed by atoms with Gasteiger partial charge >= 0.3 is 0 Å². The zero-order valence-corrected chi connectivity index (χ0v) is 11.0. The van der Waals surface area contributed by atoms with Crippen molar-refractivity contribution >= 4 is 28.6 Å². The third kappa shape index (κ3) is 2.71. The number of aryl methyl sites for hydroxylation is 1. The van der Waals surface area contributed by atoms with Crippen molar-refractivity contribution in [1.82, 2.24) is 0 Å². The molecule has 19 heavy (non-hydrogen) atoms. The molecule has 0 spiro atoms. The molecule has 98 valence electrons. The molecule has 0 saturated carbocycles. The van der Waals surface area contributed by atoms with Crippen LogP contribution in [0.15, 0.2) is 36.4 Å². The third-order valence-corrected chi connectivity index (χ3v) is 2.97. The molecule has 0 heterocycles. The molecule has 0 aromatic heterocycles. The van der Waals surface area contributed by atoms with Gasteiger partial charge in [-0.1, -0.05) is 30.4 Å². The van der Waals surface area contributed by atoms with E-state index in [1.54, 1.807) is 12.1 Å². The molecule has 2 aromatic rings. The Balaban J connectivity index is 2.49. The van der Waals surface area contributed by atoms with Crippen LogP contribution >= 0.6 is 12.2 Å². The smallest absolute Gasteiger partial charge is 0.182 e. The summed E-state index contributed by atoms with van der Waals surface area (Å²) in [5, 5.41) is 2.85. The number of rotatable bonds is 3. The van der Waals surface area contributed by atoms with Crippen LogP contribution in [0.5, 0.6) is 0 Å². The van der Waals surface area contributed by atoms with E-state index in [2.05, 4.69) is 5.32 Å². The first-order valence-electron chi connectivity index (χ1n) is 5.61. The first-order chi connectivity index (χ1) is 9.00. The zero-order chi connectivity index (χ0) is 14.0. The zero-order valence-electron chi connectivity index (χ0n) is 10.2. The Morgan fingerprint density at radius 3 is 2.53 bits per heavy atom. The Bertz CT molecular complexity index is 641. The first kappa shape index (κ1) is 13.4. The molecule has 5 heteroatoms. The summed E-state index contributed by atoms with van der Waals surface area (Å²) in [6, 6.07) is 9.31. The Kier molecular flexibility index (Phi) is 3.76. The van der Waals surface area contributed by atoms with Crippen LogP contribution in [-0.4, -0.2) is 4.99 Å². The molecular weight excluding hydrogens is 266 g/mol. The van der Waals surface area contributed by atoms with Crippen molar-refractivity contribution in [2.24, 2.45) is 5.73 Å². The van der Waals surface area contributed by atoms with Crippen LogP contribution in [0.25, 0.3) is 0 Å². The van der Waals surface area contributed by atoms with Gasteiger partial charge in [-0.3, -0.25) is 0 Å². The van der Waals surface area contributed by atoms with E-state index in [4.69, 9.17) is 18.0 Å². The summed E-state index contributed by atoms with van der Waals surface area (Å²) in [5.74, 6) is -1.84. The first-order valence-corrected chi connectivity index (χ1v) is 6.02. The highest BCUT2D eigenvalue weighted by molar-refractivity contribution is 7.80. The molecule has 0 fully saturated rings. The van der Waals surface area contributed by atoms with Gasteiger partial charge in [-0.25, -0.2) is 8.78 Å². The van der Waals surface area contributed by atoms with Crippen LogP contribution < -0.4 is 11.1 Å². The Morgan fingerprint density at radius 1 is 1.16 bits per heavy atom. The standard InChI is InChI=1S/C14H12F2N2S/c1-8-4-2-5-9(14(17)19)13(8)18-11-7-3-6-10(15)12(11)16/h2-7,18H,1H3,(H2,17,19). The SMILES string of the molecule is Cc1cccc(C(N)=S)c1Nc1cccc(F)c1F. The molecule has 0 aliphatic carbocycles. The summed E-state index contributed by atoms with van der Waals surface area (Å²) >= 11 is 4.95. The lowest BCUT2D eigenvalue weighted by Gasteiger charge is -2.14. The lowest BCUT2D eigenvalue weighted by atomic mass is 10.1. The molecule has 0 radical (unpaired) electrons. The van der Waals surface area contributed by atoms with Gasteiger partial charge in [-0.2, -0.15) is 0 Å². The number of nitrogens with one attached hydrogen (secondary N) is 1. The maximum atomic E-state index is 13.7. The van der Waals surface area contributed by atoms with E-state index in [1.807, 2.05) is 13.0 Å². The largest absolute Gasteiger partial charge is 0.389 e. The molecule has 3 N–H and O–H groups in total. The van der Waals surface area contributed by atoms with E-state index in [1.165, 1.54) is 12.1 Å². The number of hydrogen-bond acceptors (Lipinski definition) is 2. The fourth-order valence-corrected chi connectivity index (χ4v) is 1.94. The van der Waals surface area contributed by atoms with Crippen LogP contribution in [0.2, 0.25) is 0 Å². The topological polar surface area (TPSA) is 38.0 Å². The molecule has 0 bridgehead atoms. The summed E-state index contributed by atoms with van der Waals surface area (Å²) in [7, 11) is 0. The Morgan fingerprint density at radius 2 is 1.84 bits per heavy atom. The minimum absolute atomic E-state index is 0.0480. The van der Waals surface area contributed by atoms with Crippen molar-refractivity contribution < 1.29 is 8.78 Å². The van der Waals surface area contributed by atoms with Gasteiger partial charge < -0.3 is 11.1 Å². The van der Waals surface area contributed by atoms with Gasteiger partial charge in [-0.15, -0.1) is 0 Å². The number of nitrogens with two attached hydrogens (primary N) is 1. The number of hydrogen-bond donors (Lipinski definition) is 2. The molecule has 0 atom stereocenters. The fourth-order valence-electron chi connectivity index (χ4n) is 1.77. The van der Waals surface area contributed by atoms with Crippen LogP contribution in [0.3, 0.4) is 0 Å².